The Balaban J connectivity index is 2.17. The first-order valence-corrected chi connectivity index (χ1v) is 6.13. The molecular formula is C13H16ClN3O. The van der Waals surface area contributed by atoms with E-state index in [0.29, 0.717) is 11.6 Å². The molecule has 1 aromatic heterocycles. The van der Waals surface area contributed by atoms with E-state index in [4.69, 9.17) is 16.3 Å². The largest absolute Gasteiger partial charge is 0.383 e. The van der Waals surface area contributed by atoms with Gasteiger partial charge in [-0.2, -0.15) is 0 Å². The van der Waals surface area contributed by atoms with Crippen LogP contribution < -0.4 is 5.32 Å². The van der Waals surface area contributed by atoms with E-state index in [-0.39, 0.29) is 6.04 Å². The summed E-state index contributed by atoms with van der Waals surface area (Å²) in [5.74, 6) is 0.779. The highest BCUT2D eigenvalue weighted by atomic mass is 35.5. The molecule has 1 aromatic carbocycles. The van der Waals surface area contributed by atoms with Gasteiger partial charge in [0.15, 0.2) is 0 Å². The summed E-state index contributed by atoms with van der Waals surface area (Å²) >= 11 is 5.95. The first-order valence-electron chi connectivity index (χ1n) is 5.75. The third-order valence-electron chi connectivity index (χ3n) is 2.63. The molecule has 18 heavy (non-hydrogen) atoms. The summed E-state index contributed by atoms with van der Waals surface area (Å²) in [5, 5.41) is 3.94. The number of benzene rings is 1. The molecule has 2 rings (SSSR count). The Kier molecular flexibility index (Phi) is 4.23. The molecule has 0 amide bonds. The van der Waals surface area contributed by atoms with Gasteiger partial charge < -0.3 is 14.6 Å². The van der Waals surface area contributed by atoms with Crippen molar-refractivity contribution in [2.24, 2.45) is 0 Å². The molecule has 0 spiro atoms. The fourth-order valence-electron chi connectivity index (χ4n) is 1.78. The zero-order chi connectivity index (χ0) is 13.0. The number of nitrogens with zero attached hydrogens (tertiary/aromatic N) is 2. The molecule has 4 nitrogen and oxygen atoms in total. The fraction of sp³-hybridized carbons (Fsp3) is 0.308. The molecule has 0 radical (unpaired) electrons. The Hall–Kier alpha value is -1.52. The van der Waals surface area contributed by atoms with Gasteiger partial charge in [0.2, 0.25) is 5.95 Å². The predicted octanol–water partition coefficient (Wildman–Crippen LogP) is 3.49. The molecule has 1 unspecified atom stereocenters. The Morgan fingerprint density at radius 3 is 3.06 bits per heavy atom. The van der Waals surface area contributed by atoms with Crippen molar-refractivity contribution in [1.82, 2.24) is 9.55 Å². The molecule has 0 aliphatic carbocycles. The topological polar surface area (TPSA) is 39.1 Å². The summed E-state index contributed by atoms with van der Waals surface area (Å²) in [6.45, 7) is 2.72. The second-order valence-corrected chi connectivity index (χ2v) is 4.53. The summed E-state index contributed by atoms with van der Waals surface area (Å²) in [5.41, 5.74) is 0.916. The van der Waals surface area contributed by atoms with Crippen molar-refractivity contribution in [2.45, 2.75) is 13.0 Å². The first-order chi connectivity index (χ1) is 8.70. The smallest absolute Gasteiger partial charge is 0.207 e. The minimum Gasteiger partial charge on any atom is -0.383 e. The Morgan fingerprint density at radius 1 is 1.50 bits per heavy atom. The second-order valence-electron chi connectivity index (χ2n) is 4.10. The van der Waals surface area contributed by atoms with E-state index in [2.05, 4.69) is 17.2 Å². The number of anilines is 2. The van der Waals surface area contributed by atoms with Gasteiger partial charge in [-0.05, 0) is 25.1 Å². The van der Waals surface area contributed by atoms with E-state index in [1.165, 1.54) is 0 Å². The molecule has 2 aromatic rings. The summed E-state index contributed by atoms with van der Waals surface area (Å²) in [6, 6.07) is 7.77. The zero-order valence-corrected chi connectivity index (χ0v) is 11.2. The average Bonchev–Trinajstić information content (AvgIpc) is 2.77. The van der Waals surface area contributed by atoms with Gasteiger partial charge in [0, 0.05) is 30.2 Å². The van der Waals surface area contributed by atoms with Crippen LogP contribution in [0.2, 0.25) is 5.02 Å². The number of imidazole rings is 1. The zero-order valence-electron chi connectivity index (χ0n) is 10.4. The van der Waals surface area contributed by atoms with Gasteiger partial charge in [-0.3, -0.25) is 0 Å². The standard InChI is InChI=1S/C13H16ClN3O/c1-10(9-18-2)17-7-6-15-13(17)16-12-5-3-4-11(14)8-12/h3-8,10H,9H2,1-2H3,(H,15,16). The van der Waals surface area contributed by atoms with Crippen LogP contribution in [0, 0.1) is 0 Å². The maximum absolute atomic E-state index is 5.95. The van der Waals surface area contributed by atoms with Crippen LogP contribution in [0.25, 0.3) is 0 Å². The number of nitrogens with one attached hydrogen (secondary N) is 1. The molecule has 0 saturated heterocycles. The lowest BCUT2D eigenvalue weighted by atomic mass is 10.3. The van der Waals surface area contributed by atoms with Crippen LogP contribution in [0.5, 0.6) is 0 Å². The van der Waals surface area contributed by atoms with Gasteiger partial charge in [-0.25, -0.2) is 4.98 Å². The molecule has 1 heterocycles. The highest BCUT2D eigenvalue weighted by Gasteiger charge is 2.09. The predicted molar refractivity (Wildman–Crippen MR) is 73.5 cm³/mol. The number of hydrogen-bond donors (Lipinski definition) is 1. The van der Waals surface area contributed by atoms with Crippen molar-refractivity contribution < 1.29 is 4.74 Å². The lowest BCUT2D eigenvalue weighted by molar-refractivity contribution is 0.163. The second kappa shape index (κ2) is 5.89. The number of ether oxygens (including phenoxy) is 1. The molecule has 96 valence electrons. The van der Waals surface area contributed by atoms with Crippen molar-refractivity contribution in [3.63, 3.8) is 0 Å². The Labute approximate surface area is 112 Å². The van der Waals surface area contributed by atoms with E-state index in [1.54, 1.807) is 13.3 Å². The molecule has 0 fully saturated rings. The van der Waals surface area contributed by atoms with E-state index >= 15 is 0 Å². The number of halogens is 1. The summed E-state index contributed by atoms with van der Waals surface area (Å²) in [7, 11) is 1.69. The van der Waals surface area contributed by atoms with E-state index in [1.807, 2.05) is 35.0 Å². The minimum atomic E-state index is 0.221. The Bertz CT molecular complexity index is 512. The first kappa shape index (κ1) is 12.9. The quantitative estimate of drug-likeness (QED) is 0.899. The molecule has 1 atom stereocenters. The number of methoxy groups -OCH3 is 1. The van der Waals surface area contributed by atoms with Crippen molar-refractivity contribution in [3.05, 3.63) is 41.7 Å². The third kappa shape index (κ3) is 3.03. The van der Waals surface area contributed by atoms with Crippen LogP contribution in [0.15, 0.2) is 36.7 Å². The van der Waals surface area contributed by atoms with Gasteiger partial charge in [-0.15, -0.1) is 0 Å². The van der Waals surface area contributed by atoms with Gasteiger partial charge in [0.25, 0.3) is 0 Å². The van der Waals surface area contributed by atoms with Gasteiger partial charge in [-0.1, -0.05) is 17.7 Å². The molecule has 0 saturated carbocycles. The van der Waals surface area contributed by atoms with Crippen molar-refractivity contribution >= 4 is 23.2 Å². The van der Waals surface area contributed by atoms with Crippen molar-refractivity contribution in [2.75, 3.05) is 19.0 Å². The molecule has 0 aliphatic heterocycles. The van der Waals surface area contributed by atoms with Crippen molar-refractivity contribution in [1.29, 1.82) is 0 Å². The van der Waals surface area contributed by atoms with Gasteiger partial charge >= 0.3 is 0 Å². The van der Waals surface area contributed by atoms with Crippen LogP contribution in [0.4, 0.5) is 11.6 Å². The Morgan fingerprint density at radius 2 is 2.33 bits per heavy atom. The lowest BCUT2D eigenvalue weighted by Gasteiger charge is -2.16. The highest BCUT2D eigenvalue weighted by molar-refractivity contribution is 6.30. The number of rotatable bonds is 5. The molecular weight excluding hydrogens is 250 g/mol. The summed E-state index contributed by atoms with van der Waals surface area (Å²) < 4.78 is 7.19. The fourth-order valence-corrected chi connectivity index (χ4v) is 1.97. The van der Waals surface area contributed by atoms with Crippen LogP contribution in [-0.2, 0) is 4.74 Å². The number of aromatic nitrogens is 2. The van der Waals surface area contributed by atoms with Crippen LogP contribution >= 0.6 is 11.6 Å². The summed E-state index contributed by atoms with van der Waals surface area (Å²) in [4.78, 5) is 4.30. The van der Waals surface area contributed by atoms with Crippen LogP contribution in [0.1, 0.15) is 13.0 Å². The molecule has 0 bridgehead atoms. The molecule has 0 aliphatic rings. The average molecular weight is 266 g/mol. The van der Waals surface area contributed by atoms with E-state index in [9.17, 15) is 0 Å². The highest BCUT2D eigenvalue weighted by Crippen LogP contribution is 2.21. The third-order valence-corrected chi connectivity index (χ3v) is 2.87. The lowest BCUT2D eigenvalue weighted by Crippen LogP contribution is -2.12. The van der Waals surface area contributed by atoms with Gasteiger partial charge in [0.1, 0.15) is 0 Å². The van der Waals surface area contributed by atoms with E-state index < -0.39 is 0 Å². The SMILES string of the molecule is COCC(C)n1ccnc1Nc1cccc(Cl)c1. The van der Waals surface area contributed by atoms with Crippen molar-refractivity contribution in [3.8, 4) is 0 Å². The summed E-state index contributed by atoms with van der Waals surface area (Å²) in [6.07, 6.45) is 3.69. The van der Waals surface area contributed by atoms with Gasteiger partial charge in [0.05, 0.1) is 12.6 Å². The maximum Gasteiger partial charge on any atom is 0.207 e. The minimum absolute atomic E-state index is 0.221. The molecule has 5 heteroatoms. The van der Waals surface area contributed by atoms with Crippen LogP contribution in [0.3, 0.4) is 0 Å². The number of hydrogen-bond acceptors (Lipinski definition) is 3. The van der Waals surface area contributed by atoms with Crippen LogP contribution in [-0.4, -0.2) is 23.3 Å². The van der Waals surface area contributed by atoms with E-state index in [0.717, 1.165) is 11.6 Å². The monoisotopic (exact) mass is 265 g/mol. The molecule has 1 N–H and O–H groups in total. The normalized spacial score (nSPS) is 12.4. The maximum atomic E-state index is 5.95.